The van der Waals surface area contributed by atoms with Gasteiger partial charge in [-0.05, 0) is 14.0 Å². The Kier molecular flexibility index (Phi) is 1.51. The second-order valence-corrected chi connectivity index (χ2v) is 2.43. The van der Waals surface area contributed by atoms with Gasteiger partial charge in [-0.25, -0.2) is 5.43 Å². The molecule has 0 aliphatic carbocycles. The normalized spacial score (nSPS) is 24.8. The molecule has 0 aromatic carbocycles. The quantitative estimate of drug-likeness (QED) is 0.477. The third-order valence-electron chi connectivity index (χ3n) is 1.27. The smallest absolute Gasteiger partial charge is 0.0761 e. The van der Waals surface area contributed by atoms with Crippen LogP contribution in [0.5, 0.6) is 0 Å². The largest absolute Gasteiger partial charge is 0.377 e. The van der Waals surface area contributed by atoms with Crippen LogP contribution in [0.15, 0.2) is 0 Å². The molecule has 0 amide bonds. The predicted molar refractivity (Wildman–Crippen MR) is 31.4 cm³/mol. The SMILES string of the molecule is CNNC1(C)COC1. The van der Waals surface area contributed by atoms with Gasteiger partial charge in [-0.3, -0.25) is 5.43 Å². The molecule has 0 saturated carbocycles. The first-order valence-corrected chi connectivity index (χ1v) is 2.78. The summed E-state index contributed by atoms with van der Waals surface area (Å²) in [6.45, 7) is 3.74. The van der Waals surface area contributed by atoms with E-state index in [1.54, 1.807) is 0 Å². The fraction of sp³-hybridized carbons (Fsp3) is 1.00. The minimum absolute atomic E-state index is 0.189. The minimum Gasteiger partial charge on any atom is -0.377 e. The van der Waals surface area contributed by atoms with Crippen molar-refractivity contribution >= 4 is 0 Å². The zero-order chi connectivity index (χ0) is 6.04. The molecule has 2 N–H and O–H groups in total. The molecule has 3 heteroatoms. The summed E-state index contributed by atoms with van der Waals surface area (Å²) in [5, 5.41) is 0. The molecule has 0 unspecified atom stereocenters. The number of hydrogen-bond acceptors (Lipinski definition) is 3. The topological polar surface area (TPSA) is 33.3 Å². The van der Waals surface area contributed by atoms with Crippen LogP contribution >= 0.6 is 0 Å². The van der Waals surface area contributed by atoms with Gasteiger partial charge < -0.3 is 4.74 Å². The maximum atomic E-state index is 4.99. The second-order valence-electron chi connectivity index (χ2n) is 2.43. The lowest BCUT2D eigenvalue weighted by Gasteiger charge is -2.38. The molecule has 48 valence electrons. The second kappa shape index (κ2) is 2.01. The molecule has 1 heterocycles. The highest BCUT2D eigenvalue weighted by Crippen LogP contribution is 2.13. The van der Waals surface area contributed by atoms with E-state index in [2.05, 4.69) is 17.8 Å². The van der Waals surface area contributed by atoms with Crippen molar-refractivity contribution in [3.05, 3.63) is 0 Å². The lowest BCUT2D eigenvalue weighted by molar-refractivity contribution is -0.0696. The summed E-state index contributed by atoms with van der Waals surface area (Å²) < 4.78 is 4.99. The van der Waals surface area contributed by atoms with Crippen molar-refractivity contribution in [3.8, 4) is 0 Å². The van der Waals surface area contributed by atoms with Crippen LogP contribution in [0.3, 0.4) is 0 Å². The van der Waals surface area contributed by atoms with Gasteiger partial charge in [0, 0.05) is 0 Å². The van der Waals surface area contributed by atoms with E-state index in [0.29, 0.717) is 0 Å². The lowest BCUT2D eigenvalue weighted by Crippen LogP contribution is -2.61. The van der Waals surface area contributed by atoms with Crippen molar-refractivity contribution in [1.82, 2.24) is 10.9 Å². The first-order chi connectivity index (χ1) is 3.77. The van der Waals surface area contributed by atoms with E-state index in [9.17, 15) is 0 Å². The summed E-state index contributed by atoms with van der Waals surface area (Å²) in [6.07, 6.45) is 0. The predicted octanol–water partition coefficient (Wildman–Crippen LogP) is -0.501. The van der Waals surface area contributed by atoms with Gasteiger partial charge in [0.2, 0.25) is 0 Å². The summed E-state index contributed by atoms with van der Waals surface area (Å²) >= 11 is 0. The maximum Gasteiger partial charge on any atom is 0.0761 e. The van der Waals surface area contributed by atoms with Gasteiger partial charge >= 0.3 is 0 Å². The summed E-state index contributed by atoms with van der Waals surface area (Å²) in [6, 6.07) is 0. The molecule has 1 aliphatic rings. The zero-order valence-corrected chi connectivity index (χ0v) is 5.32. The molecule has 1 aliphatic heterocycles. The molecule has 1 fully saturated rings. The Hall–Kier alpha value is -0.120. The third kappa shape index (κ3) is 0.992. The molecule has 0 bridgehead atoms. The highest BCUT2D eigenvalue weighted by Gasteiger charge is 2.32. The Bertz CT molecular complexity index is 80.5. The van der Waals surface area contributed by atoms with Gasteiger partial charge in [0.05, 0.1) is 18.8 Å². The van der Waals surface area contributed by atoms with E-state index in [1.165, 1.54) is 0 Å². The number of hydrazine groups is 1. The summed E-state index contributed by atoms with van der Waals surface area (Å²) in [5.74, 6) is 0. The van der Waals surface area contributed by atoms with Crippen LogP contribution in [-0.2, 0) is 4.74 Å². The monoisotopic (exact) mass is 116 g/mol. The first-order valence-electron chi connectivity index (χ1n) is 2.78. The van der Waals surface area contributed by atoms with Crippen molar-refractivity contribution in [2.45, 2.75) is 12.5 Å². The number of hydrogen-bond donors (Lipinski definition) is 2. The third-order valence-corrected chi connectivity index (χ3v) is 1.27. The van der Waals surface area contributed by atoms with Crippen LogP contribution in [-0.4, -0.2) is 25.8 Å². The lowest BCUT2D eigenvalue weighted by atomic mass is 10.0. The number of nitrogens with one attached hydrogen (secondary N) is 2. The molecular formula is C5H12N2O. The Morgan fingerprint density at radius 2 is 2.12 bits per heavy atom. The highest BCUT2D eigenvalue weighted by atomic mass is 16.5. The van der Waals surface area contributed by atoms with Crippen molar-refractivity contribution in [3.63, 3.8) is 0 Å². The van der Waals surface area contributed by atoms with Crippen molar-refractivity contribution in [2.24, 2.45) is 0 Å². The molecule has 1 saturated heterocycles. The van der Waals surface area contributed by atoms with Gasteiger partial charge in [0.25, 0.3) is 0 Å². The molecule has 8 heavy (non-hydrogen) atoms. The Balaban J connectivity index is 2.20. The molecule has 3 nitrogen and oxygen atoms in total. The molecule has 0 aromatic heterocycles. The fourth-order valence-electron chi connectivity index (χ4n) is 0.782. The summed E-state index contributed by atoms with van der Waals surface area (Å²) in [7, 11) is 1.86. The molecule has 0 atom stereocenters. The van der Waals surface area contributed by atoms with Gasteiger partial charge in [-0.15, -0.1) is 0 Å². The van der Waals surface area contributed by atoms with Crippen LogP contribution in [0.1, 0.15) is 6.92 Å². The minimum atomic E-state index is 0.189. The Morgan fingerprint density at radius 3 is 2.25 bits per heavy atom. The Labute approximate surface area is 49.4 Å². The van der Waals surface area contributed by atoms with Crippen LogP contribution in [0.4, 0.5) is 0 Å². The van der Waals surface area contributed by atoms with Crippen LogP contribution in [0, 0.1) is 0 Å². The fourth-order valence-corrected chi connectivity index (χ4v) is 0.782. The van der Waals surface area contributed by atoms with E-state index in [-0.39, 0.29) is 5.54 Å². The molecule has 0 spiro atoms. The van der Waals surface area contributed by atoms with E-state index < -0.39 is 0 Å². The van der Waals surface area contributed by atoms with Gasteiger partial charge in [-0.1, -0.05) is 0 Å². The molecule has 1 rings (SSSR count). The van der Waals surface area contributed by atoms with Crippen LogP contribution in [0.25, 0.3) is 0 Å². The van der Waals surface area contributed by atoms with Crippen molar-refractivity contribution < 1.29 is 4.74 Å². The van der Waals surface area contributed by atoms with E-state index in [4.69, 9.17) is 4.74 Å². The maximum absolute atomic E-state index is 4.99. The van der Waals surface area contributed by atoms with Crippen LogP contribution < -0.4 is 10.9 Å². The average molecular weight is 116 g/mol. The zero-order valence-electron chi connectivity index (χ0n) is 5.32. The standard InChI is InChI=1S/C5H12N2O/c1-5(7-6-2)3-8-4-5/h6-7H,3-4H2,1-2H3. The number of ether oxygens (including phenoxy) is 1. The summed E-state index contributed by atoms with van der Waals surface area (Å²) in [5.41, 5.74) is 6.15. The molecular weight excluding hydrogens is 104 g/mol. The van der Waals surface area contributed by atoms with E-state index >= 15 is 0 Å². The average Bonchev–Trinajstić information content (AvgIpc) is 1.64. The highest BCUT2D eigenvalue weighted by molar-refractivity contribution is 4.87. The molecule has 0 aromatic rings. The van der Waals surface area contributed by atoms with Crippen molar-refractivity contribution in [2.75, 3.05) is 20.3 Å². The Morgan fingerprint density at radius 1 is 1.50 bits per heavy atom. The number of rotatable bonds is 2. The van der Waals surface area contributed by atoms with Crippen LogP contribution in [0.2, 0.25) is 0 Å². The summed E-state index contributed by atoms with van der Waals surface area (Å²) in [4.78, 5) is 0. The first kappa shape index (κ1) is 6.01. The van der Waals surface area contributed by atoms with Gasteiger partial charge in [0.15, 0.2) is 0 Å². The van der Waals surface area contributed by atoms with Crippen molar-refractivity contribution in [1.29, 1.82) is 0 Å². The van der Waals surface area contributed by atoms with E-state index in [0.717, 1.165) is 13.2 Å². The van der Waals surface area contributed by atoms with E-state index in [1.807, 2.05) is 7.05 Å². The van der Waals surface area contributed by atoms with Gasteiger partial charge in [0.1, 0.15) is 0 Å². The molecule has 0 radical (unpaired) electrons. The van der Waals surface area contributed by atoms with Gasteiger partial charge in [-0.2, -0.15) is 0 Å².